The van der Waals surface area contributed by atoms with Crippen molar-refractivity contribution in [2.75, 3.05) is 39.2 Å². The summed E-state index contributed by atoms with van der Waals surface area (Å²) in [6, 6.07) is 12.8. The van der Waals surface area contributed by atoms with Gasteiger partial charge in [0.25, 0.3) is 5.91 Å². The van der Waals surface area contributed by atoms with Gasteiger partial charge in [0.05, 0.1) is 41.3 Å². The number of carbonyl (C=O) groups is 3. The van der Waals surface area contributed by atoms with E-state index in [-0.39, 0.29) is 34.6 Å². The number of halogens is 2. The Hall–Kier alpha value is -4.82. The second-order valence-corrected chi connectivity index (χ2v) is 13.7. The van der Waals surface area contributed by atoms with Gasteiger partial charge in [0, 0.05) is 98.9 Å². The van der Waals surface area contributed by atoms with Crippen molar-refractivity contribution in [2.24, 2.45) is 0 Å². The van der Waals surface area contributed by atoms with Crippen molar-refractivity contribution >= 4 is 46.6 Å². The summed E-state index contributed by atoms with van der Waals surface area (Å²) >= 11 is 13.9. The van der Waals surface area contributed by atoms with Crippen molar-refractivity contribution in [1.82, 2.24) is 35.8 Å². The Bertz CT molecular complexity index is 1990. The van der Waals surface area contributed by atoms with E-state index in [2.05, 4.69) is 31.2 Å². The topological polar surface area (TPSA) is 160 Å². The van der Waals surface area contributed by atoms with Crippen LogP contribution in [0.2, 0.25) is 10.0 Å². The maximum Gasteiger partial charge on any atom is 0.274 e. The van der Waals surface area contributed by atoms with Gasteiger partial charge in [0.15, 0.2) is 0 Å². The molecule has 3 amide bonds. The Morgan fingerprint density at radius 1 is 0.962 bits per heavy atom. The lowest BCUT2D eigenvalue weighted by Crippen LogP contribution is -2.44. The van der Waals surface area contributed by atoms with Crippen molar-refractivity contribution in [2.45, 2.75) is 57.8 Å². The molecule has 0 radical (unpaired) electrons. The molecular formula is C38H42Cl2N8O5. The third kappa shape index (κ3) is 9.05. The van der Waals surface area contributed by atoms with Gasteiger partial charge in [0.2, 0.25) is 17.7 Å². The molecule has 13 nitrogen and oxygen atoms in total. The number of rotatable bonds is 13. The molecule has 4 aromatic rings. The van der Waals surface area contributed by atoms with Gasteiger partial charge in [-0.05, 0) is 37.5 Å². The van der Waals surface area contributed by atoms with Crippen LogP contribution in [0.3, 0.4) is 0 Å². The highest BCUT2D eigenvalue weighted by atomic mass is 35.5. The number of ether oxygens (including phenoxy) is 2. The molecule has 0 unspecified atom stereocenters. The first-order valence-corrected chi connectivity index (χ1v) is 18.2. The molecular weight excluding hydrogens is 719 g/mol. The maximum absolute atomic E-state index is 13.4. The molecule has 4 N–H and O–H groups in total. The average molecular weight is 762 g/mol. The Labute approximate surface area is 318 Å². The standard InChI is InChI=1S/C38H42Cl2N8O5/c1-22(49)48-15-12-25(13-16-48)43-19-24-20-44-31(17-32(24)52-2)37(51)46-30-6-4-5-28(34(30)39)36-35(40)27(11-14-42-36)29-9-7-23(38(47-29)53-3)18-41-21-26-8-10-33(50)45-26/h4-7,9,11,14,17,20,25-26,41,43H,8,10,12-13,15-16,18-19,21H2,1-3H3,(H,45,50)(H,46,51)/t26-/m0/s1. The number of amides is 3. The fraction of sp³-hybridized carbons (Fsp3) is 0.368. The summed E-state index contributed by atoms with van der Waals surface area (Å²) in [7, 11) is 3.11. The molecule has 0 spiro atoms. The Balaban J connectivity index is 1.13. The molecule has 1 atom stereocenters. The SMILES string of the molecule is COc1cc(C(=O)Nc2cccc(-c3nccc(-c4ccc(CNC[C@@H]5CCC(=O)N5)c(OC)n4)c3Cl)c2Cl)ncc1CNC1CCN(C(C)=O)CC1. The Kier molecular flexibility index (Phi) is 12.4. The fourth-order valence-corrected chi connectivity index (χ4v) is 7.11. The highest BCUT2D eigenvalue weighted by molar-refractivity contribution is 6.39. The highest BCUT2D eigenvalue weighted by Crippen LogP contribution is 2.40. The second kappa shape index (κ2) is 17.3. The molecule has 53 heavy (non-hydrogen) atoms. The van der Waals surface area contributed by atoms with Gasteiger partial charge in [-0.3, -0.25) is 24.4 Å². The van der Waals surface area contributed by atoms with Crippen LogP contribution in [0.5, 0.6) is 11.6 Å². The number of anilines is 1. The number of hydrogen-bond donors (Lipinski definition) is 4. The highest BCUT2D eigenvalue weighted by Gasteiger charge is 2.23. The van der Waals surface area contributed by atoms with Gasteiger partial charge < -0.3 is 35.6 Å². The third-order valence-corrected chi connectivity index (χ3v) is 10.3. The predicted molar refractivity (Wildman–Crippen MR) is 203 cm³/mol. The average Bonchev–Trinajstić information content (AvgIpc) is 3.59. The van der Waals surface area contributed by atoms with Crippen molar-refractivity contribution < 1.29 is 23.9 Å². The number of piperidine rings is 1. The molecule has 0 aliphatic carbocycles. The number of pyridine rings is 3. The number of likely N-dealkylation sites (tertiary alicyclic amines) is 1. The van der Waals surface area contributed by atoms with E-state index in [1.807, 2.05) is 17.0 Å². The van der Waals surface area contributed by atoms with Gasteiger partial charge in [0.1, 0.15) is 11.4 Å². The van der Waals surface area contributed by atoms with Gasteiger partial charge >= 0.3 is 0 Å². The lowest BCUT2D eigenvalue weighted by atomic mass is 10.0. The van der Waals surface area contributed by atoms with Gasteiger partial charge in [-0.2, -0.15) is 0 Å². The summed E-state index contributed by atoms with van der Waals surface area (Å²) in [5.74, 6) is 0.686. The minimum Gasteiger partial charge on any atom is -0.496 e. The van der Waals surface area contributed by atoms with Crippen LogP contribution in [0.1, 0.15) is 54.2 Å². The normalized spacial score (nSPS) is 16.0. The predicted octanol–water partition coefficient (Wildman–Crippen LogP) is 5.25. The van der Waals surface area contributed by atoms with Crippen LogP contribution in [-0.2, 0) is 22.7 Å². The Morgan fingerprint density at radius 2 is 1.77 bits per heavy atom. The van der Waals surface area contributed by atoms with Gasteiger partial charge in [-0.25, -0.2) is 4.98 Å². The van der Waals surface area contributed by atoms with E-state index >= 15 is 0 Å². The maximum atomic E-state index is 13.4. The second-order valence-electron chi connectivity index (χ2n) is 13.0. The Morgan fingerprint density at radius 3 is 2.49 bits per heavy atom. The molecule has 0 bridgehead atoms. The molecule has 3 aromatic heterocycles. The van der Waals surface area contributed by atoms with Gasteiger partial charge in [-0.15, -0.1) is 0 Å². The smallest absolute Gasteiger partial charge is 0.274 e. The molecule has 2 saturated heterocycles. The molecule has 0 saturated carbocycles. The number of aromatic nitrogens is 3. The zero-order chi connectivity index (χ0) is 37.5. The van der Waals surface area contributed by atoms with Crippen LogP contribution < -0.4 is 30.7 Å². The summed E-state index contributed by atoms with van der Waals surface area (Å²) in [6.45, 7) is 4.72. The largest absolute Gasteiger partial charge is 0.496 e. The summed E-state index contributed by atoms with van der Waals surface area (Å²) in [5, 5.41) is 13.3. The van der Waals surface area contributed by atoms with Crippen LogP contribution in [0, 0.1) is 0 Å². The minimum absolute atomic E-state index is 0.0798. The monoisotopic (exact) mass is 760 g/mol. The number of carbonyl (C=O) groups excluding carboxylic acids is 3. The van der Waals surface area contributed by atoms with Crippen LogP contribution in [0.4, 0.5) is 5.69 Å². The van der Waals surface area contributed by atoms with E-state index < -0.39 is 5.91 Å². The van der Waals surface area contributed by atoms with Crippen molar-refractivity contribution in [1.29, 1.82) is 0 Å². The van der Waals surface area contributed by atoms with Crippen LogP contribution in [-0.4, -0.2) is 83.5 Å². The zero-order valence-electron chi connectivity index (χ0n) is 29.8. The molecule has 2 fully saturated rings. The first kappa shape index (κ1) is 37.9. The van der Waals surface area contributed by atoms with E-state index in [0.29, 0.717) is 70.9 Å². The minimum atomic E-state index is -0.467. The third-order valence-electron chi connectivity index (χ3n) is 9.51. The lowest BCUT2D eigenvalue weighted by molar-refractivity contribution is -0.130. The van der Waals surface area contributed by atoms with E-state index in [1.54, 1.807) is 63.9 Å². The van der Waals surface area contributed by atoms with Crippen molar-refractivity contribution in [3.63, 3.8) is 0 Å². The summed E-state index contributed by atoms with van der Waals surface area (Å²) < 4.78 is 11.2. The van der Waals surface area contributed by atoms with Crippen molar-refractivity contribution in [3.8, 4) is 34.1 Å². The molecule has 6 rings (SSSR count). The van der Waals surface area contributed by atoms with E-state index in [1.165, 1.54) is 0 Å². The van der Waals surface area contributed by atoms with Crippen LogP contribution in [0.15, 0.2) is 54.9 Å². The number of nitrogens with zero attached hydrogens (tertiary/aromatic N) is 4. The fourth-order valence-electron chi connectivity index (χ4n) is 6.53. The molecule has 15 heteroatoms. The summed E-state index contributed by atoms with van der Waals surface area (Å²) in [4.78, 5) is 52.1. The first-order valence-electron chi connectivity index (χ1n) is 17.5. The molecule has 278 valence electrons. The summed E-state index contributed by atoms with van der Waals surface area (Å²) in [5.41, 5.74) is 4.33. The van der Waals surface area contributed by atoms with E-state index in [9.17, 15) is 14.4 Å². The molecule has 2 aliphatic heterocycles. The molecule has 1 aromatic carbocycles. The van der Waals surface area contributed by atoms with Crippen LogP contribution in [0.25, 0.3) is 22.5 Å². The summed E-state index contributed by atoms with van der Waals surface area (Å²) in [6.07, 6.45) is 6.34. The quantitative estimate of drug-likeness (QED) is 0.142. The van der Waals surface area contributed by atoms with E-state index in [4.69, 9.17) is 37.7 Å². The lowest BCUT2D eigenvalue weighted by Gasteiger charge is -2.31. The number of methoxy groups -OCH3 is 2. The number of nitrogens with one attached hydrogen (secondary N) is 4. The van der Waals surface area contributed by atoms with Crippen LogP contribution >= 0.6 is 23.2 Å². The zero-order valence-corrected chi connectivity index (χ0v) is 31.3. The number of hydrogen-bond acceptors (Lipinski definition) is 10. The van der Waals surface area contributed by atoms with Crippen molar-refractivity contribution in [3.05, 3.63) is 81.7 Å². The first-order chi connectivity index (χ1) is 25.6. The van der Waals surface area contributed by atoms with Gasteiger partial charge in [-0.1, -0.05) is 41.4 Å². The molecule has 5 heterocycles. The molecule has 2 aliphatic rings. The van der Waals surface area contributed by atoms with E-state index in [0.717, 1.165) is 43.5 Å². The number of benzene rings is 1.